The number of hydrogen-bond acceptors (Lipinski definition) is 4. The predicted molar refractivity (Wildman–Crippen MR) is 54.0 cm³/mol. The first-order valence-corrected chi connectivity index (χ1v) is 4.33. The van der Waals surface area contributed by atoms with Crippen molar-refractivity contribution < 1.29 is 4.74 Å². The molecule has 0 radical (unpaired) electrons. The molecule has 0 saturated carbocycles. The van der Waals surface area contributed by atoms with Gasteiger partial charge < -0.3 is 10.5 Å². The van der Waals surface area contributed by atoms with E-state index in [1.807, 2.05) is 18.2 Å². The Hall–Kier alpha value is -1.68. The first-order valence-electron chi connectivity index (χ1n) is 4.33. The number of benzene rings is 1. The smallest absolute Gasteiger partial charge is 0.145 e. The highest BCUT2D eigenvalue weighted by atomic mass is 16.5. The van der Waals surface area contributed by atoms with Crippen LogP contribution in [0.5, 0.6) is 5.75 Å². The molecule has 1 aromatic heterocycles. The van der Waals surface area contributed by atoms with Crippen molar-refractivity contribution in [2.24, 2.45) is 5.73 Å². The Kier molecular flexibility index (Phi) is 2.28. The highest BCUT2D eigenvalue weighted by molar-refractivity contribution is 5.86. The fraction of sp³-hybridized carbons (Fsp3) is 0.200. The van der Waals surface area contributed by atoms with E-state index < -0.39 is 0 Å². The second kappa shape index (κ2) is 3.59. The molecule has 72 valence electrons. The quantitative estimate of drug-likeness (QED) is 0.768. The van der Waals surface area contributed by atoms with E-state index in [9.17, 15) is 0 Å². The van der Waals surface area contributed by atoms with Gasteiger partial charge in [0.2, 0.25) is 0 Å². The molecule has 0 aliphatic carbocycles. The second-order valence-corrected chi connectivity index (χ2v) is 2.88. The van der Waals surface area contributed by atoms with Gasteiger partial charge in [-0.25, -0.2) is 9.97 Å². The summed E-state index contributed by atoms with van der Waals surface area (Å²) in [6, 6.07) is 5.72. The van der Waals surface area contributed by atoms with Gasteiger partial charge in [0.25, 0.3) is 0 Å². The lowest BCUT2D eigenvalue weighted by Gasteiger charge is -2.05. The first-order chi connectivity index (χ1) is 6.86. The molecule has 0 atom stereocenters. The normalized spacial score (nSPS) is 10.4. The van der Waals surface area contributed by atoms with Crippen LogP contribution in [-0.4, -0.2) is 17.1 Å². The number of nitrogens with zero attached hydrogens (tertiary/aromatic N) is 2. The van der Waals surface area contributed by atoms with Gasteiger partial charge in [0.05, 0.1) is 12.8 Å². The Bertz CT molecular complexity index is 413. The van der Waals surface area contributed by atoms with Crippen LogP contribution in [0.2, 0.25) is 0 Å². The van der Waals surface area contributed by atoms with Gasteiger partial charge in [-0.3, -0.25) is 0 Å². The molecule has 2 N–H and O–H groups in total. The summed E-state index contributed by atoms with van der Waals surface area (Å²) in [5.74, 6) is 0.750. The van der Waals surface area contributed by atoms with E-state index in [1.54, 1.807) is 7.11 Å². The molecule has 0 aliphatic heterocycles. The van der Waals surface area contributed by atoms with Crippen LogP contribution in [0, 0.1) is 0 Å². The van der Waals surface area contributed by atoms with Gasteiger partial charge in [-0.2, -0.15) is 0 Å². The first kappa shape index (κ1) is 8.90. The number of rotatable bonds is 2. The molecule has 0 fully saturated rings. The lowest BCUT2D eigenvalue weighted by Crippen LogP contribution is -2.01. The maximum atomic E-state index is 5.58. The van der Waals surface area contributed by atoms with Crippen molar-refractivity contribution in [2.75, 3.05) is 7.11 Å². The van der Waals surface area contributed by atoms with Crippen molar-refractivity contribution in [3.05, 3.63) is 30.2 Å². The van der Waals surface area contributed by atoms with Crippen molar-refractivity contribution in [1.82, 2.24) is 9.97 Å². The van der Waals surface area contributed by atoms with Gasteiger partial charge in [-0.15, -0.1) is 0 Å². The standard InChI is InChI=1S/C10H11N3O/c1-14-9-4-2-3-7-8(5-11)12-6-13-10(7)9/h2-4,6H,5,11H2,1H3. The number of fused-ring (bicyclic) bond motifs is 1. The van der Waals surface area contributed by atoms with Crippen LogP contribution in [0.25, 0.3) is 10.9 Å². The number of para-hydroxylation sites is 1. The van der Waals surface area contributed by atoms with Crippen LogP contribution in [-0.2, 0) is 6.54 Å². The fourth-order valence-electron chi connectivity index (χ4n) is 1.44. The molecule has 1 heterocycles. The molecule has 4 heteroatoms. The summed E-state index contributed by atoms with van der Waals surface area (Å²) in [6.45, 7) is 0.409. The third-order valence-corrected chi connectivity index (χ3v) is 2.12. The summed E-state index contributed by atoms with van der Waals surface area (Å²) >= 11 is 0. The topological polar surface area (TPSA) is 61.0 Å². The summed E-state index contributed by atoms with van der Waals surface area (Å²) in [5.41, 5.74) is 7.23. The van der Waals surface area contributed by atoms with Gasteiger partial charge in [-0.1, -0.05) is 12.1 Å². The minimum atomic E-state index is 0.409. The van der Waals surface area contributed by atoms with E-state index in [2.05, 4.69) is 9.97 Å². The second-order valence-electron chi connectivity index (χ2n) is 2.88. The van der Waals surface area contributed by atoms with E-state index in [-0.39, 0.29) is 0 Å². The Balaban J connectivity index is 2.77. The summed E-state index contributed by atoms with van der Waals surface area (Å²) in [6.07, 6.45) is 1.51. The number of ether oxygens (including phenoxy) is 1. The summed E-state index contributed by atoms with van der Waals surface area (Å²) < 4.78 is 5.20. The number of methoxy groups -OCH3 is 1. The van der Waals surface area contributed by atoms with Gasteiger partial charge in [0.15, 0.2) is 0 Å². The zero-order valence-electron chi connectivity index (χ0n) is 7.90. The number of hydrogen-bond donors (Lipinski definition) is 1. The summed E-state index contributed by atoms with van der Waals surface area (Å²) in [7, 11) is 1.62. The highest BCUT2D eigenvalue weighted by Gasteiger charge is 2.05. The lowest BCUT2D eigenvalue weighted by atomic mass is 10.2. The highest BCUT2D eigenvalue weighted by Crippen LogP contribution is 2.23. The SMILES string of the molecule is COc1cccc2c(CN)ncnc12. The zero-order valence-corrected chi connectivity index (χ0v) is 7.90. The molecule has 0 bridgehead atoms. The third-order valence-electron chi connectivity index (χ3n) is 2.12. The van der Waals surface area contributed by atoms with E-state index in [0.29, 0.717) is 6.54 Å². The van der Waals surface area contributed by atoms with E-state index >= 15 is 0 Å². The van der Waals surface area contributed by atoms with E-state index in [0.717, 1.165) is 22.3 Å². The average Bonchev–Trinajstić information content (AvgIpc) is 2.27. The summed E-state index contributed by atoms with van der Waals surface area (Å²) in [4.78, 5) is 8.28. The molecule has 0 amide bonds. The molecule has 0 unspecified atom stereocenters. The molecule has 1 aromatic carbocycles. The van der Waals surface area contributed by atoms with Crippen molar-refractivity contribution in [3.8, 4) is 5.75 Å². The predicted octanol–water partition coefficient (Wildman–Crippen LogP) is 1.10. The van der Waals surface area contributed by atoms with Crippen molar-refractivity contribution in [3.63, 3.8) is 0 Å². The van der Waals surface area contributed by atoms with Crippen LogP contribution < -0.4 is 10.5 Å². The van der Waals surface area contributed by atoms with Crippen molar-refractivity contribution in [2.45, 2.75) is 6.54 Å². The van der Waals surface area contributed by atoms with Gasteiger partial charge >= 0.3 is 0 Å². The maximum Gasteiger partial charge on any atom is 0.145 e. The number of aromatic nitrogens is 2. The van der Waals surface area contributed by atoms with Crippen LogP contribution >= 0.6 is 0 Å². The zero-order chi connectivity index (χ0) is 9.97. The van der Waals surface area contributed by atoms with Crippen LogP contribution in [0.15, 0.2) is 24.5 Å². The fourth-order valence-corrected chi connectivity index (χ4v) is 1.44. The Morgan fingerprint density at radius 3 is 2.93 bits per heavy atom. The van der Waals surface area contributed by atoms with Crippen molar-refractivity contribution in [1.29, 1.82) is 0 Å². The molecule has 0 spiro atoms. The third kappa shape index (κ3) is 1.29. The Morgan fingerprint density at radius 1 is 1.36 bits per heavy atom. The van der Waals surface area contributed by atoms with E-state index in [1.165, 1.54) is 6.33 Å². The molecule has 2 rings (SSSR count). The summed E-state index contributed by atoms with van der Waals surface area (Å²) in [5, 5.41) is 0.953. The lowest BCUT2D eigenvalue weighted by molar-refractivity contribution is 0.419. The van der Waals surface area contributed by atoms with Gasteiger partial charge in [0, 0.05) is 11.9 Å². The Labute approximate surface area is 81.7 Å². The van der Waals surface area contributed by atoms with Crippen molar-refractivity contribution >= 4 is 10.9 Å². The minimum Gasteiger partial charge on any atom is -0.494 e. The molecular weight excluding hydrogens is 178 g/mol. The molecule has 0 aliphatic rings. The average molecular weight is 189 g/mol. The monoisotopic (exact) mass is 189 g/mol. The largest absolute Gasteiger partial charge is 0.494 e. The van der Waals surface area contributed by atoms with E-state index in [4.69, 9.17) is 10.5 Å². The Morgan fingerprint density at radius 2 is 2.21 bits per heavy atom. The van der Waals surface area contributed by atoms with Gasteiger partial charge in [-0.05, 0) is 6.07 Å². The van der Waals surface area contributed by atoms with Crippen LogP contribution in [0.4, 0.5) is 0 Å². The molecule has 0 saturated heterocycles. The maximum absolute atomic E-state index is 5.58. The molecule has 14 heavy (non-hydrogen) atoms. The minimum absolute atomic E-state index is 0.409. The number of nitrogens with two attached hydrogens (primary N) is 1. The molecule has 4 nitrogen and oxygen atoms in total. The molecular formula is C10H11N3O. The van der Waals surface area contributed by atoms with Gasteiger partial charge in [0.1, 0.15) is 17.6 Å². The van der Waals surface area contributed by atoms with Crippen LogP contribution in [0.3, 0.4) is 0 Å². The molecule has 2 aromatic rings. The van der Waals surface area contributed by atoms with Crippen LogP contribution in [0.1, 0.15) is 5.69 Å².